The van der Waals surface area contributed by atoms with E-state index in [1.54, 1.807) is 7.11 Å². The molecule has 1 aliphatic rings. The summed E-state index contributed by atoms with van der Waals surface area (Å²) in [6.45, 7) is 1.42. The molecule has 0 aliphatic carbocycles. The third kappa shape index (κ3) is 6.59. The molecule has 1 N–H and O–H groups in total. The summed E-state index contributed by atoms with van der Waals surface area (Å²) in [6.07, 6.45) is -2.53. The van der Waals surface area contributed by atoms with E-state index >= 15 is 0 Å². The second kappa shape index (κ2) is 12.6. The zero-order valence-corrected chi connectivity index (χ0v) is 19.3. The molecule has 0 bridgehead atoms. The number of rotatable bonds is 11. The first kappa shape index (κ1) is 24.3. The fourth-order valence-electron chi connectivity index (χ4n) is 3.88. The topological polar surface area (TPSA) is 70.0 Å². The van der Waals surface area contributed by atoms with Crippen LogP contribution in [0.15, 0.2) is 91.0 Å². The van der Waals surface area contributed by atoms with Gasteiger partial charge in [0, 0.05) is 7.11 Å². The molecule has 4 atom stereocenters. The highest BCUT2D eigenvalue weighted by molar-refractivity contribution is 5.91. The van der Waals surface area contributed by atoms with Gasteiger partial charge in [-0.05, 0) is 16.7 Å². The van der Waals surface area contributed by atoms with Gasteiger partial charge in [0.25, 0.3) is 0 Å². The van der Waals surface area contributed by atoms with Crippen molar-refractivity contribution >= 4 is 5.71 Å². The van der Waals surface area contributed by atoms with E-state index in [0.29, 0.717) is 25.5 Å². The van der Waals surface area contributed by atoms with Crippen LogP contribution in [0.5, 0.6) is 0 Å². The Morgan fingerprint density at radius 2 is 1.15 bits per heavy atom. The molecule has 178 valence electrons. The second-order valence-corrected chi connectivity index (χ2v) is 8.17. The van der Waals surface area contributed by atoms with Gasteiger partial charge in [0.05, 0.1) is 32.1 Å². The van der Waals surface area contributed by atoms with Crippen molar-refractivity contribution in [2.75, 3.05) is 13.7 Å². The Morgan fingerprint density at radius 3 is 1.65 bits per heavy atom. The van der Waals surface area contributed by atoms with E-state index in [0.717, 1.165) is 16.7 Å². The predicted octanol–water partition coefficient (Wildman–Crippen LogP) is 4.77. The lowest BCUT2D eigenvalue weighted by Gasteiger charge is -2.40. The maximum Gasteiger partial charge on any atom is 0.189 e. The number of nitrogens with one attached hydrogen (secondary N) is 1. The normalized spacial score (nSPS) is 22.6. The molecule has 1 saturated heterocycles. The number of hydrogen-bond acceptors (Lipinski definition) is 6. The first-order valence-electron chi connectivity index (χ1n) is 11.4. The van der Waals surface area contributed by atoms with Crippen molar-refractivity contribution in [2.24, 2.45) is 0 Å². The molecule has 2 unspecified atom stereocenters. The number of ether oxygens (including phenoxy) is 5. The molecule has 0 spiro atoms. The van der Waals surface area contributed by atoms with Crippen LogP contribution in [0.1, 0.15) is 16.7 Å². The van der Waals surface area contributed by atoms with Crippen LogP contribution in [0.4, 0.5) is 0 Å². The lowest BCUT2D eigenvalue weighted by atomic mass is 9.99. The summed E-state index contributed by atoms with van der Waals surface area (Å²) >= 11 is 0. The minimum atomic E-state index is -0.724. The Balaban J connectivity index is 1.45. The number of hydrogen-bond donors (Lipinski definition) is 1. The van der Waals surface area contributed by atoms with Crippen LogP contribution >= 0.6 is 0 Å². The van der Waals surface area contributed by atoms with Crippen LogP contribution < -0.4 is 0 Å². The van der Waals surface area contributed by atoms with Crippen molar-refractivity contribution in [3.63, 3.8) is 0 Å². The fraction of sp³-hybridized carbons (Fsp3) is 0.321. The van der Waals surface area contributed by atoms with Gasteiger partial charge in [-0.2, -0.15) is 0 Å². The SMILES string of the molecule is CO[C@@H]1OC(COCc2ccccc2)[C@H](OCc2ccccc2)C(=N)C1OCc1ccccc1. The molecule has 4 rings (SSSR count). The Hall–Kier alpha value is -2.87. The van der Waals surface area contributed by atoms with E-state index in [2.05, 4.69) is 0 Å². The smallest absolute Gasteiger partial charge is 0.189 e. The van der Waals surface area contributed by atoms with Crippen LogP contribution in [0, 0.1) is 5.41 Å². The minimum absolute atomic E-state index is 0.266. The lowest BCUT2D eigenvalue weighted by Crippen LogP contribution is -2.58. The van der Waals surface area contributed by atoms with E-state index in [1.165, 1.54) is 0 Å². The molecular weight excluding hydrogens is 430 g/mol. The van der Waals surface area contributed by atoms with Gasteiger partial charge in [-0.1, -0.05) is 91.0 Å². The Labute approximate surface area is 200 Å². The summed E-state index contributed by atoms with van der Waals surface area (Å²) in [5.74, 6) is 0. The molecule has 0 aromatic heterocycles. The molecule has 1 heterocycles. The quantitative estimate of drug-likeness (QED) is 0.446. The number of benzene rings is 3. The highest BCUT2D eigenvalue weighted by Gasteiger charge is 2.44. The first-order chi connectivity index (χ1) is 16.7. The summed E-state index contributed by atoms with van der Waals surface area (Å²) in [7, 11) is 1.56. The Bertz CT molecular complexity index is 999. The van der Waals surface area contributed by atoms with Crippen LogP contribution in [0.2, 0.25) is 0 Å². The summed E-state index contributed by atoms with van der Waals surface area (Å²) < 4.78 is 30.0. The monoisotopic (exact) mass is 461 g/mol. The maximum absolute atomic E-state index is 8.93. The summed E-state index contributed by atoms with van der Waals surface area (Å²) in [5.41, 5.74) is 3.40. The molecule has 6 heteroatoms. The second-order valence-electron chi connectivity index (χ2n) is 8.17. The van der Waals surface area contributed by atoms with Crippen molar-refractivity contribution in [1.82, 2.24) is 0 Å². The standard InChI is InChI=1S/C28H31NO5/c1-30-28-27(33-19-23-15-9-4-10-16-23)25(29)26(32-18-22-13-7-3-8-14-22)24(34-28)20-31-17-21-11-5-2-6-12-21/h2-16,24,26-29H,17-20H2,1H3/t24?,26-,27?,28+/m0/s1. The van der Waals surface area contributed by atoms with Gasteiger partial charge in [-0.3, -0.25) is 0 Å². The molecule has 3 aromatic rings. The van der Waals surface area contributed by atoms with Gasteiger partial charge >= 0.3 is 0 Å². The highest BCUT2D eigenvalue weighted by atomic mass is 16.7. The van der Waals surface area contributed by atoms with Crippen molar-refractivity contribution in [1.29, 1.82) is 5.41 Å². The average Bonchev–Trinajstić information content (AvgIpc) is 2.89. The van der Waals surface area contributed by atoms with Gasteiger partial charge in [0.2, 0.25) is 0 Å². The van der Waals surface area contributed by atoms with Gasteiger partial charge < -0.3 is 29.1 Å². The van der Waals surface area contributed by atoms with Gasteiger partial charge in [-0.25, -0.2) is 0 Å². The van der Waals surface area contributed by atoms with Crippen molar-refractivity contribution in [3.05, 3.63) is 108 Å². The van der Waals surface area contributed by atoms with Crippen LogP contribution in [-0.2, 0) is 43.5 Å². The molecule has 3 aromatic carbocycles. The van der Waals surface area contributed by atoms with Gasteiger partial charge in [-0.15, -0.1) is 0 Å². The van der Waals surface area contributed by atoms with Crippen molar-refractivity contribution in [2.45, 2.75) is 44.4 Å². The third-order valence-corrected chi connectivity index (χ3v) is 5.68. The molecule has 0 amide bonds. The zero-order chi connectivity index (χ0) is 23.6. The largest absolute Gasteiger partial charge is 0.374 e. The average molecular weight is 462 g/mol. The van der Waals surface area contributed by atoms with E-state index < -0.39 is 24.6 Å². The van der Waals surface area contributed by atoms with E-state index in [-0.39, 0.29) is 6.61 Å². The summed E-state index contributed by atoms with van der Waals surface area (Å²) in [4.78, 5) is 0. The molecule has 0 radical (unpaired) electrons. The van der Waals surface area contributed by atoms with Crippen LogP contribution in [0.3, 0.4) is 0 Å². The predicted molar refractivity (Wildman–Crippen MR) is 130 cm³/mol. The molecule has 34 heavy (non-hydrogen) atoms. The lowest BCUT2D eigenvalue weighted by molar-refractivity contribution is -0.243. The molecule has 0 saturated carbocycles. The van der Waals surface area contributed by atoms with Crippen LogP contribution in [-0.4, -0.2) is 44.0 Å². The molecular formula is C28H31NO5. The van der Waals surface area contributed by atoms with Crippen molar-refractivity contribution < 1.29 is 23.7 Å². The summed E-state index contributed by atoms with van der Waals surface area (Å²) in [5, 5.41) is 8.93. The molecule has 1 aliphatic heterocycles. The Morgan fingerprint density at radius 1 is 0.676 bits per heavy atom. The minimum Gasteiger partial charge on any atom is -0.374 e. The first-order valence-corrected chi connectivity index (χ1v) is 11.4. The Kier molecular flexibility index (Phi) is 8.96. The summed E-state index contributed by atoms with van der Waals surface area (Å²) in [6, 6.07) is 29.7. The van der Waals surface area contributed by atoms with Gasteiger partial charge in [0.15, 0.2) is 6.29 Å². The fourth-order valence-corrected chi connectivity index (χ4v) is 3.88. The zero-order valence-electron chi connectivity index (χ0n) is 19.3. The molecule has 1 fully saturated rings. The van der Waals surface area contributed by atoms with Crippen molar-refractivity contribution in [3.8, 4) is 0 Å². The van der Waals surface area contributed by atoms with Crippen LogP contribution in [0.25, 0.3) is 0 Å². The van der Waals surface area contributed by atoms with E-state index in [1.807, 2.05) is 91.0 Å². The maximum atomic E-state index is 8.93. The molecule has 6 nitrogen and oxygen atoms in total. The van der Waals surface area contributed by atoms with E-state index in [4.69, 9.17) is 29.1 Å². The van der Waals surface area contributed by atoms with E-state index in [9.17, 15) is 0 Å². The third-order valence-electron chi connectivity index (χ3n) is 5.68. The van der Waals surface area contributed by atoms with Gasteiger partial charge in [0.1, 0.15) is 18.3 Å². The number of methoxy groups -OCH3 is 1. The highest BCUT2D eigenvalue weighted by Crippen LogP contribution is 2.26.